The van der Waals surface area contributed by atoms with Crippen molar-refractivity contribution in [3.63, 3.8) is 0 Å². The molecule has 0 spiro atoms. The third kappa shape index (κ3) is 4.29. The molecule has 4 nitrogen and oxygen atoms in total. The summed E-state index contributed by atoms with van der Waals surface area (Å²) < 4.78 is 11.5. The Labute approximate surface area is 151 Å². The lowest BCUT2D eigenvalue weighted by Gasteiger charge is -2.26. The van der Waals surface area contributed by atoms with Crippen LogP contribution in [0.25, 0.3) is 0 Å². The SMILES string of the molecule is COc1ccc(C(C)(C)CNC(=O)c2cccc(Br)c2)cc1OC. The second-order valence-electron chi connectivity index (χ2n) is 6.15. The minimum Gasteiger partial charge on any atom is -0.493 e. The van der Waals surface area contributed by atoms with Crippen LogP contribution in [0.5, 0.6) is 11.5 Å². The lowest BCUT2D eigenvalue weighted by Crippen LogP contribution is -2.36. The number of carbonyl (C=O) groups is 1. The average molecular weight is 392 g/mol. The Morgan fingerprint density at radius 3 is 2.42 bits per heavy atom. The first-order chi connectivity index (χ1) is 11.4. The summed E-state index contributed by atoms with van der Waals surface area (Å²) in [5.41, 5.74) is 1.45. The molecule has 5 heteroatoms. The maximum Gasteiger partial charge on any atom is 0.251 e. The normalized spacial score (nSPS) is 11.0. The third-order valence-corrected chi connectivity index (χ3v) is 4.44. The number of hydrogen-bond acceptors (Lipinski definition) is 3. The van der Waals surface area contributed by atoms with E-state index in [9.17, 15) is 4.79 Å². The molecular weight excluding hydrogens is 370 g/mol. The maximum atomic E-state index is 12.3. The molecule has 1 N–H and O–H groups in total. The van der Waals surface area contributed by atoms with Crippen LogP contribution in [0.3, 0.4) is 0 Å². The van der Waals surface area contributed by atoms with E-state index in [4.69, 9.17) is 9.47 Å². The van der Waals surface area contributed by atoms with Crippen LogP contribution in [0, 0.1) is 0 Å². The maximum absolute atomic E-state index is 12.3. The zero-order valence-corrected chi connectivity index (χ0v) is 15.9. The minimum absolute atomic E-state index is 0.0927. The molecule has 0 radical (unpaired) electrons. The molecule has 0 aliphatic heterocycles. The molecule has 2 aromatic rings. The van der Waals surface area contributed by atoms with Crippen LogP contribution in [-0.2, 0) is 5.41 Å². The van der Waals surface area contributed by atoms with Gasteiger partial charge in [0.2, 0.25) is 0 Å². The molecule has 1 amide bonds. The highest BCUT2D eigenvalue weighted by Crippen LogP contribution is 2.32. The summed E-state index contributed by atoms with van der Waals surface area (Å²) in [5.74, 6) is 1.28. The molecule has 0 heterocycles. The van der Waals surface area contributed by atoms with Gasteiger partial charge in [-0.15, -0.1) is 0 Å². The fourth-order valence-electron chi connectivity index (χ4n) is 2.39. The van der Waals surface area contributed by atoms with Crippen molar-refractivity contribution in [2.75, 3.05) is 20.8 Å². The van der Waals surface area contributed by atoms with Gasteiger partial charge in [0.1, 0.15) is 0 Å². The molecule has 0 fully saturated rings. The van der Waals surface area contributed by atoms with Gasteiger partial charge in [0.05, 0.1) is 14.2 Å². The summed E-state index contributed by atoms with van der Waals surface area (Å²) in [5, 5.41) is 3.00. The first-order valence-electron chi connectivity index (χ1n) is 7.63. The molecule has 128 valence electrons. The number of carbonyl (C=O) groups excluding carboxylic acids is 1. The van der Waals surface area contributed by atoms with E-state index in [2.05, 4.69) is 35.1 Å². The van der Waals surface area contributed by atoms with Gasteiger partial charge < -0.3 is 14.8 Å². The van der Waals surface area contributed by atoms with Gasteiger partial charge in [-0.1, -0.05) is 41.9 Å². The molecule has 24 heavy (non-hydrogen) atoms. The Balaban J connectivity index is 2.12. The van der Waals surface area contributed by atoms with Crippen molar-refractivity contribution < 1.29 is 14.3 Å². The summed E-state index contributed by atoms with van der Waals surface area (Å²) in [6.45, 7) is 4.67. The standard InChI is InChI=1S/C19H22BrNO3/c1-19(2,14-8-9-16(23-3)17(11-14)24-4)12-21-18(22)13-6-5-7-15(20)10-13/h5-11H,12H2,1-4H3,(H,21,22). The van der Waals surface area contributed by atoms with Crippen LogP contribution in [-0.4, -0.2) is 26.7 Å². The van der Waals surface area contributed by atoms with Gasteiger partial charge in [-0.3, -0.25) is 4.79 Å². The number of rotatable bonds is 6. The molecule has 2 aromatic carbocycles. The van der Waals surface area contributed by atoms with Gasteiger partial charge >= 0.3 is 0 Å². The first kappa shape index (κ1) is 18.3. The van der Waals surface area contributed by atoms with Gasteiger partial charge in [0.25, 0.3) is 5.91 Å². The van der Waals surface area contributed by atoms with Crippen molar-refractivity contribution in [2.45, 2.75) is 19.3 Å². The Kier molecular flexibility index (Phi) is 5.89. The summed E-state index contributed by atoms with van der Waals surface area (Å²) >= 11 is 3.38. The van der Waals surface area contributed by atoms with Crippen LogP contribution < -0.4 is 14.8 Å². The zero-order chi connectivity index (χ0) is 17.7. The van der Waals surface area contributed by atoms with E-state index >= 15 is 0 Å². The number of methoxy groups -OCH3 is 2. The van der Waals surface area contributed by atoms with Crippen molar-refractivity contribution in [1.29, 1.82) is 0 Å². The highest BCUT2D eigenvalue weighted by atomic mass is 79.9. The topological polar surface area (TPSA) is 47.6 Å². The van der Waals surface area contributed by atoms with E-state index in [1.165, 1.54) is 0 Å². The van der Waals surface area contributed by atoms with Crippen LogP contribution in [0.1, 0.15) is 29.8 Å². The predicted molar refractivity (Wildman–Crippen MR) is 99.0 cm³/mol. The number of ether oxygens (including phenoxy) is 2. The number of hydrogen-bond donors (Lipinski definition) is 1. The van der Waals surface area contributed by atoms with Gasteiger partial charge in [-0.25, -0.2) is 0 Å². The van der Waals surface area contributed by atoms with E-state index in [0.717, 1.165) is 10.0 Å². The van der Waals surface area contributed by atoms with Crippen LogP contribution >= 0.6 is 15.9 Å². The predicted octanol–water partition coefficient (Wildman–Crippen LogP) is 4.17. The van der Waals surface area contributed by atoms with E-state index in [1.807, 2.05) is 30.3 Å². The Morgan fingerprint density at radius 2 is 1.79 bits per heavy atom. The Hall–Kier alpha value is -2.01. The molecule has 0 unspecified atom stereocenters. The first-order valence-corrected chi connectivity index (χ1v) is 8.43. The second-order valence-corrected chi connectivity index (χ2v) is 7.06. The third-order valence-electron chi connectivity index (χ3n) is 3.94. The van der Waals surface area contributed by atoms with Crippen molar-refractivity contribution >= 4 is 21.8 Å². The number of benzene rings is 2. The Morgan fingerprint density at radius 1 is 1.08 bits per heavy atom. The zero-order valence-electron chi connectivity index (χ0n) is 14.4. The van der Waals surface area contributed by atoms with Crippen molar-refractivity contribution in [3.05, 3.63) is 58.1 Å². The Bertz CT molecular complexity index is 728. The molecule has 0 bridgehead atoms. The number of nitrogens with one attached hydrogen (secondary N) is 1. The summed E-state index contributed by atoms with van der Waals surface area (Å²) in [6.07, 6.45) is 0. The summed E-state index contributed by atoms with van der Waals surface area (Å²) in [6, 6.07) is 13.2. The highest BCUT2D eigenvalue weighted by molar-refractivity contribution is 9.10. The molecule has 0 atom stereocenters. The molecule has 0 aliphatic carbocycles. The molecule has 0 saturated heterocycles. The van der Waals surface area contributed by atoms with Crippen molar-refractivity contribution in [2.24, 2.45) is 0 Å². The van der Waals surface area contributed by atoms with Crippen molar-refractivity contribution in [1.82, 2.24) is 5.32 Å². The lowest BCUT2D eigenvalue weighted by atomic mass is 9.84. The number of halogens is 1. The molecule has 2 rings (SSSR count). The fraction of sp³-hybridized carbons (Fsp3) is 0.316. The highest BCUT2D eigenvalue weighted by Gasteiger charge is 2.23. The van der Waals surface area contributed by atoms with Crippen molar-refractivity contribution in [3.8, 4) is 11.5 Å². The average Bonchev–Trinajstić information content (AvgIpc) is 2.59. The second kappa shape index (κ2) is 7.71. The smallest absolute Gasteiger partial charge is 0.251 e. The molecular formula is C19H22BrNO3. The van der Waals surface area contributed by atoms with Gasteiger partial charge in [0, 0.05) is 22.0 Å². The summed E-state index contributed by atoms with van der Waals surface area (Å²) in [4.78, 5) is 12.3. The molecule has 0 aliphatic rings. The monoisotopic (exact) mass is 391 g/mol. The quantitative estimate of drug-likeness (QED) is 0.803. The van der Waals surface area contributed by atoms with Gasteiger partial charge in [-0.05, 0) is 35.9 Å². The van der Waals surface area contributed by atoms with Gasteiger partial charge in [-0.2, -0.15) is 0 Å². The number of amides is 1. The minimum atomic E-state index is -0.249. The van der Waals surface area contributed by atoms with Crippen LogP contribution in [0.15, 0.2) is 46.9 Å². The largest absolute Gasteiger partial charge is 0.493 e. The van der Waals surface area contributed by atoms with E-state index in [0.29, 0.717) is 23.6 Å². The van der Waals surface area contributed by atoms with Gasteiger partial charge in [0.15, 0.2) is 11.5 Å². The molecule has 0 saturated carbocycles. The van der Waals surface area contributed by atoms with E-state index < -0.39 is 0 Å². The van der Waals surface area contributed by atoms with Crippen LogP contribution in [0.2, 0.25) is 0 Å². The summed E-state index contributed by atoms with van der Waals surface area (Å²) in [7, 11) is 3.23. The van der Waals surface area contributed by atoms with E-state index in [-0.39, 0.29) is 11.3 Å². The molecule has 0 aromatic heterocycles. The van der Waals surface area contributed by atoms with E-state index in [1.54, 1.807) is 26.4 Å². The lowest BCUT2D eigenvalue weighted by molar-refractivity contribution is 0.0945. The van der Waals surface area contributed by atoms with Crippen LogP contribution in [0.4, 0.5) is 0 Å². The fourth-order valence-corrected chi connectivity index (χ4v) is 2.79.